The zero-order valence-corrected chi connectivity index (χ0v) is 13.5. The Morgan fingerprint density at radius 1 is 1.38 bits per heavy atom. The number of benzene rings is 1. The number of hydrogen-bond acceptors (Lipinski definition) is 4. The monoisotopic (exact) mass is 333 g/mol. The van der Waals surface area contributed by atoms with Crippen LogP contribution in [-0.2, 0) is 21.4 Å². The van der Waals surface area contributed by atoms with Crippen LogP contribution in [0.5, 0.6) is 0 Å². The highest BCUT2D eigenvalue weighted by Crippen LogP contribution is 2.25. The Labute approximate surface area is 130 Å². The number of nitrogens with one attached hydrogen (secondary N) is 1. The molecule has 1 saturated heterocycles. The highest BCUT2D eigenvalue weighted by Gasteiger charge is 2.22. The van der Waals surface area contributed by atoms with Crippen LogP contribution in [0.25, 0.3) is 0 Å². The minimum atomic E-state index is -3.63. The highest BCUT2D eigenvalue weighted by atomic mass is 35.5. The lowest BCUT2D eigenvalue weighted by Crippen LogP contribution is -2.32. The molecule has 0 atom stereocenters. The molecule has 1 aromatic rings. The molecule has 1 aliphatic rings. The van der Waals surface area contributed by atoms with Gasteiger partial charge in [-0.15, -0.1) is 0 Å². The number of ether oxygens (including phenoxy) is 1. The first-order valence-electron chi connectivity index (χ1n) is 6.91. The van der Waals surface area contributed by atoms with E-state index in [1.807, 2.05) is 0 Å². The third-order valence-electron chi connectivity index (χ3n) is 3.80. The smallest absolute Gasteiger partial charge is 0.240 e. The topological polar surface area (TPSA) is 75.6 Å². The summed E-state index contributed by atoms with van der Waals surface area (Å²) in [6.07, 6.45) is 1.72. The van der Waals surface area contributed by atoms with Gasteiger partial charge in [-0.25, -0.2) is 13.1 Å². The lowest BCUT2D eigenvalue weighted by molar-refractivity contribution is 0.0678. The Balaban J connectivity index is 2.17. The molecule has 0 radical (unpaired) electrons. The molecule has 21 heavy (non-hydrogen) atoms. The maximum absolute atomic E-state index is 12.4. The molecule has 0 aromatic heterocycles. The highest BCUT2D eigenvalue weighted by molar-refractivity contribution is 7.89. The van der Waals surface area contributed by atoms with Gasteiger partial charge in [-0.05, 0) is 48.9 Å². The lowest BCUT2D eigenvalue weighted by Gasteiger charge is -2.22. The molecule has 0 aliphatic carbocycles. The van der Waals surface area contributed by atoms with Gasteiger partial charge in [0.05, 0.1) is 11.5 Å². The Bertz CT molecular complexity index is 597. The molecule has 118 valence electrons. The Morgan fingerprint density at radius 3 is 2.67 bits per heavy atom. The van der Waals surface area contributed by atoms with Gasteiger partial charge < -0.3 is 9.84 Å². The molecule has 2 rings (SSSR count). The quantitative estimate of drug-likeness (QED) is 0.862. The summed E-state index contributed by atoms with van der Waals surface area (Å²) in [5.74, 6) is 0.297. The van der Waals surface area contributed by atoms with Crippen LogP contribution < -0.4 is 4.72 Å². The SMILES string of the molecule is Cc1c(CO)cc(Cl)cc1S(=O)(=O)NCC1CCOCC1. The van der Waals surface area contributed by atoms with Gasteiger partial charge in [0.25, 0.3) is 0 Å². The van der Waals surface area contributed by atoms with Gasteiger partial charge in [-0.3, -0.25) is 0 Å². The molecule has 1 aliphatic heterocycles. The van der Waals surface area contributed by atoms with Crippen LogP contribution >= 0.6 is 11.6 Å². The Hall–Kier alpha value is -0.660. The molecule has 5 nitrogen and oxygen atoms in total. The van der Waals surface area contributed by atoms with E-state index in [1.165, 1.54) is 6.07 Å². The van der Waals surface area contributed by atoms with Crippen molar-refractivity contribution in [2.45, 2.75) is 31.3 Å². The molecule has 0 unspecified atom stereocenters. The van der Waals surface area contributed by atoms with Crippen LogP contribution in [0.1, 0.15) is 24.0 Å². The molecule has 0 amide bonds. The van der Waals surface area contributed by atoms with Crippen LogP contribution in [0.4, 0.5) is 0 Å². The zero-order chi connectivity index (χ0) is 15.5. The zero-order valence-electron chi connectivity index (χ0n) is 11.9. The summed E-state index contributed by atoms with van der Waals surface area (Å²) in [6.45, 7) is 3.18. The first-order valence-corrected chi connectivity index (χ1v) is 8.77. The summed E-state index contributed by atoms with van der Waals surface area (Å²) in [7, 11) is -3.63. The summed E-state index contributed by atoms with van der Waals surface area (Å²) in [5, 5.41) is 9.58. The summed E-state index contributed by atoms with van der Waals surface area (Å²) in [6, 6.07) is 3.00. The predicted molar refractivity (Wildman–Crippen MR) is 80.8 cm³/mol. The second-order valence-corrected chi connectivity index (χ2v) is 7.43. The number of sulfonamides is 1. The van der Waals surface area contributed by atoms with Crippen LogP contribution in [0.15, 0.2) is 17.0 Å². The average Bonchev–Trinajstić information content (AvgIpc) is 2.48. The van der Waals surface area contributed by atoms with E-state index in [-0.39, 0.29) is 11.5 Å². The van der Waals surface area contributed by atoms with Crippen molar-refractivity contribution in [3.05, 3.63) is 28.3 Å². The summed E-state index contributed by atoms with van der Waals surface area (Å²) >= 11 is 5.94. The van der Waals surface area contributed by atoms with Gasteiger partial charge in [-0.2, -0.15) is 0 Å². The van der Waals surface area contributed by atoms with Gasteiger partial charge in [0.15, 0.2) is 0 Å². The van der Waals surface area contributed by atoms with E-state index in [0.29, 0.717) is 41.8 Å². The molecule has 7 heteroatoms. The van der Waals surface area contributed by atoms with E-state index in [1.54, 1.807) is 13.0 Å². The first kappa shape index (κ1) is 16.7. The van der Waals surface area contributed by atoms with Crippen molar-refractivity contribution in [2.24, 2.45) is 5.92 Å². The standard InChI is InChI=1S/C14H20ClNO4S/c1-10-12(9-17)6-13(15)7-14(10)21(18,19)16-8-11-2-4-20-5-3-11/h6-7,11,16-17H,2-5,8-9H2,1H3. The maximum Gasteiger partial charge on any atom is 0.240 e. The third-order valence-corrected chi connectivity index (χ3v) is 5.56. The van der Waals surface area contributed by atoms with Crippen LogP contribution in [0.3, 0.4) is 0 Å². The fraction of sp³-hybridized carbons (Fsp3) is 0.571. The molecule has 0 saturated carbocycles. The molecule has 0 spiro atoms. The van der Waals surface area contributed by atoms with E-state index in [0.717, 1.165) is 12.8 Å². The first-order chi connectivity index (χ1) is 9.94. The third kappa shape index (κ3) is 4.17. The number of aliphatic hydroxyl groups is 1. The van der Waals surface area contributed by atoms with E-state index < -0.39 is 10.0 Å². The van der Waals surface area contributed by atoms with Gasteiger partial charge in [-0.1, -0.05) is 11.6 Å². The van der Waals surface area contributed by atoms with Crippen molar-refractivity contribution in [3.8, 4) is 0 Å². The Morgan fingerprint density at radius 2 is 2.05 bits per heavy atom. The van der Waals surface area contributed by atoms with Crippen molar-refractivity contribution in [1.29, 1.82) is 0 Å². The number of hydrogen-bond donors (Lipinski definition) is 2. The average molecular weight is 334 g/mol. The molecule has 1 fully saturated rings. The van der Waals surface area contributed by atoms with E-state index >= 15 is 0 Å². The summed E-state index contributed by atoms with van der Waals surface area (Å²) in [4.78, 5) is 0.131. The van der Waals surface area contributed by atoms with Crippen LogP contribution in [0.2, 0.25) is 5.02 Å². The van der Waals surface area contributed by atoms with Crippen molar-refractivity contribution < 1.29 is 18.3 Å². The minimum Gasteiger partial charge on any atom is -0.392 e. The summed E-state index contributed by atoms with van der Waals surface area (Å²) in [5.41, 5.74) is 1.05. The molecule has 2 N–H and O–H groups in total. The number of aliphatic hydroxyl groups excluding tert-OH is 1. The van der Waals surface area contributed by atoms with Gasteiger partial charge in [0.2, 0.25) is 10.0 Å². The fourth-order valence-corrected chi connectivity index (χ4v) is 4.14. The largest absolute Gasteiger partial charge is 0.392 e. The molecular weight excluding hydrogens is 314 g/mol. The number of halogens is 1. The van der Waals surface area contributed by atoms with Crippen molar-refractivity contribution >= 4 is 21.6 Å². The number of rotatable bonds is 5. The maximum atomic E-state index is 12.4. The second-order valence-electron chi connectivity index (χ2n) is 5.25. The summed E-state index contributed by atoms with van der Waals surface area (Å²) < 4.78 is 32.8. The van der Waals surface area contributed by atoms with Gasteiger partial charge >= 0.3 is 0 Å². The van der Waals surface area contributed by atoms with Crippen molar-refractivity contribution in [3.63, 3.8) is 0 Å². The van der Waals surface area contributed by atoms with Crippen molar-refractivity contribution in [1.82, 2.24) is 4.72 Å². The second kappa shape index (κ2) is 7.07. The molecule has 1 aromatic carbocycles. The molecular formula is C14H20ClNO4S. The minimum absolute atomic E-state index is 0.131. The molecule has 0 bridgehead atoms. The predicted octanol–water partition coefficient (Wildman–Crippen LogP) is 1.85. The van der Waals surface area contributed by atoms with E-state index in [2.05, 4.69) is 4.72 Å². The fourth-order valence-electron chi connectivity index (χ4n) is 2.41. The lowest BCUT2D eigenvalue weighted by atomic mass is 10.0. The van der Waals surface area contributed by atoms with E-state index in [9.17, 15) is 13.5 Å². The normalized spacial score (nSPS) is 17.1. The van der Waals surface area contributed by atoms with Crippen molar-refractivity contribution in [2.75, 3.05) is 19.8 Å². The molecule has 1 heterocycles. The van der Waals surface area contributed by atoms with Crippen LogP contribution in [-0.4, -0.2) is 33.3 Å². The van der Waals surface area contributed by atoms with E-state index in [4.69, 9.17) is 16.3 Å². The van der Waals surface area contributed by atoms with Gasteiger partial charge in [0, 0.05) is 24.8 Å². The van der Waals surface area contributed by atoms with Gasteiger partial charge in [0.1, 0.15) is 0 Å². The Kier molecular flexibility index (Phi) is 5.62. The van der Waals surface area contributed by atoms with Crippen LogP contribution in [0, 0.1) is 12.8 Å².